The number of primary amides is 1. The average Bonchev–Trinajstić information content (AvgIpc) is 3.52. The number of aromatic nitrogens is 3. The van der Waals surface area contributed by atoms with Gasteiger partial charge in [-0.15, -0.1) is 11.3 Å². The highest BCUT2D eigenvalue weighted by Crippen LogP contribution is 2.39. The number of aryl methyl sites for hydroxylation is 1. The van der Waals surface area contributed by atoms with Crippen molar-refractivity contribution in [1.82, 2.24) is 14.5 Å². The van der Waals surface area contributed by atoms with Gasteiger partial charge in [-0.25, -0.2) is 9.97 Å². The minimum atomic E-state index is -2.01. The molecule has 4 rings (SSSR count). The van der Waals surface area contributed by atoms with E-state index in [0.717, 1.165) is 34.4 Å². The number of hydrogen-bond acceptors (Lipinski definition) is 6. The third-order valence-electron chi connectivity index (χ3n) is 7.00. The first-order valence-corrected chi connectivity index (χ1v) is 15.7. The molecule has 186 valence electrons. The summed E-state index contributed by atoms with van der Waals surface area (Å²) in [5, 5.41) is 2.10. The largest absolute Gasteiger partial charge is 0.435 e. The Bertz CT molecular complexity index is 1300. The number of oxazole rings is 1. The lowest BCUT2D eigenvalue weighted by molar-refractivity contribution is 0.0995. The number of benzene rings is 1. The van der Waals surface area contributed by atoms with E-state index in [1.54, 1.807) is 23.9 Å². The molecule has 35 heavy (non-hydrogen) atoms. The van der Waals surface area contributed by atoms with E-state index < -0.39 is 14.2 Å². The fourth-order valence-corrected chi connectivity index (χ4v) is 6.09. The maximum atomic E-state index is 11.7. The Labute approximate surface area is 211 Å². The number of hydrogen-bond donors (Lipinski definition) is 1. The van der Waals surface area contributed by atoms with Crippen LogP contribution in [0, 0.1) is 0 Å². The molecule has 7 nitrogen and oxygen atoms in total. The average molecular weight is 511 g/mol. The van der Waals surface area contributed by atoms with Crippen molar-refractivity contribution < 1.29 is 13.6 Å². The maximum absolute atomic E-state index is 11.7. The Morgan fingerprint density at radius 1 is 1.26 bits per heavy atom. The van der Waals surface area contributed by atoms with Crippen LogP contribution in [0.1, 0.15) is 56.2 Å². The molecule has 0 aliphatic rings. The van der Waals surface area contributed by atoms with E-state index in [-0.39, 0.29) is 22.9 Å². The molecule has 3 heterocycles. The predicted molar refractivity (Wildman–Crippen MR) is 143 cm³/mol. The predicted octanol–water partition coefficient (Wildman–Crippen LogP) is 6.44. The van der Waals surface area contributed by atoms with Gasteiger partial charge >= 0.3 is 0 Å². The Kier molecular flexibility index (Phi) is 7.03. The molecule has 9 heteroatoms. The summed E-state index contributed by atoms with van der Waals surface area (Å²) < 4.78 is 14.9. The molecular formula is C26H34N4O3SSi. The molecule has 0 unspecified atom stereocenters. The number of carbonyl (C=O) groups excluding carboxylic acids is 1. The smallest absolute Gasteiger partial charge is 0.268 e. The first-order valence-electron chi connectivity index (χ1n) is 11.9. The van der Waals surface area contributed by atoms with Gasteiger partial charge in [-0.3, -0.25) is 4.79 Å². The Morgan fingerprint density at radius 2 is 2.03 bits per heavy atom. The zero-order chi connectivity index (χ0) is 25.4. The van der Waals surface area contributed by atoms with Gasteiger partial charge in [0.25, 0.3) is 5.91 Å². The van der Waals surface area contributed by atoms with Crippen LogP contribution in [-0.2, 0) is 10.8 Å². The van der Waals surface area contributed by atoms with E-state index in [9.17, 15) is 4.79 Å². The summed E-state index contributed by atoms with van der Waals surface area (Å²) in [4.78, 5) is 21.6. The second-order valence-electron chi connectivity index (χ2n) is 10.5. The molecule has 2 N–H and O–H groups in total. The number of carbonyl (C=O) groups is 1. The first kappa shape index (κ1) is 25.3. The summed E-state index contributed by atoms with van der Waals surface area (Å²) in [6.07, 6.45) is 4.86. The monoisotopic (exact) mass is 510 g/mol. The zero-order valence-corrected chi connectivity index (χ0v) is 23.1. The number of nitrogens with zero attached hydrogens (tertiary/aromatic N) is 3. The highest BCUT2D eigenvalue weighted by atomic mass is 32.1. The van der Waals surface area contributed by atoms with Crippen molar-refractivity contribution in [3.63, 3.8) is 0 Å². The Morgan fingerprint density at radius 3 is 2.66 bits per heavy atom. The number of thiophene rings is 1. The fraction of sp³-hybridized carbons (Fsp3) is 0.423. The van der Waals surface area contributed by atoms with Crippen LogP contribution >= 0.6 is 11.3 Å². The number of rotatable bonds is 9. The summed E-state index contributed by atoms with van der Waals surface area (Å²) in [5.74, 6) is 0.113. The van der Waals surface area contributed by atoms with Crippen molar-refractivity contribution in [3.8, 4) is 10.8 Å². The van der Waals surface area contributed by atoms with E-state index >= 15 is 0 Å². The van der Waals surface area contributed by atoms with Gasteiger partial charge in [0.15, 0.2) is 13.9 Å². The van der Waals surface area contributed by atoms with Crippen LogP contribution in [0.15, 0.2) is 52.7 Å². The van der Waals surface area contributed by atoms with Gasteiger partial charge in [-0.2, -0.15) is 0 Å². The van der Waals surface area contributed by atoms with Crippen molar-refractivity contribution in [2.45, 2.75) is 70.8 Å². The zero-order valence-electron chi connectivity index (χ0n) is 21.2. The molecular weight excluding hydrogens is 476 g/mol. The number of fused-ring (bicyclic) bond motifs is 1. The molecule has 0 bridgehead atoms. The molecule has 0 aliphatic carbocycles. The van der Waals surface area contributed by atoms with Crippen molar-refractivity contribution >= 4 is 36.7 Å². The molecule has 0 fully saturated rings. The SMILES string of the molecule is C[C@H](O[Si](C)(C)C(C)(C)C)[C@@H](CCc1cccc2nc(-c3cccs3)oc12)n1cnc(C(N)=O)c1. The number of amides is 1. The lowest BCUT2D eigenvalue weighted by Gasteiger charge is -2.40. The van der Waals surface area contributed by atoms with Crippen LogP contribution in [0.3, 0.4) is 0 Å². The van der Waals surface area contributed by atoms with Crippen LogP contribution in [0.5, 0.6) is 0 Å². The summed E-state index contributed by atoms with van der Waals surface area (Å²) in [7, 11) is -2.01. The quantitative estimate of drug-likeness (QED) is 0.262. The molecule has 0 saturated carbocycles. The van der Waals surface area contributed by atoms with Crippen molar-refractivity contribution in [2.24, 2.45) is 5.73 Å². The molecule has 0 spiro atoms. The molecule has 4 aromatic rings. The third kappa shape index (κ3) is 5.42. The van der Waals surface area contributed by atoms with Crippen LogP contribution in [0.4, 0.5) is 0 Å². The van der Waals surface area contributed by atoms with Gasteiger partial charge in [-0.1, -0.05) is 39.0 Å². The Balaban J connectivity index is 1.62. The third-order valence-corrected chi connectivity index (χ3v) is 12.4. The van der Waals surface area contributed by atoms with Gasteiger partial charge in [0, 0.05) is 6.20 Å². The fourth-order valence-electron chi connectivity index (χ4n) is 4.00. The van der Waals surface area contributed by atoms with E-state index in [1.165, 1.54) is 0 Å². The van der Waals surface area contributed by atoms with E-state index in [4.69, 9.17) is 19.6 Å². The van der Waals surface area contributed by atoms with E-state index in [2.05, 4.69) is 51.8 Å². The minimum absolute atomic E-state index is 0.0281. The molecule has 0 radical (unpaired) electrons. The summed E-state index contributed by atoms with van der Waals surface area (Å²) in [6, 6.07) is 10.1. The van der Waals surface area contributed by atoms with Crippen molar-refractivity contribution in [1.29, 1.82) is 0 Å². The number of para-hydroxylation sites is 1. The normalized spacial score (nSPS) is 14.3. The van der Waals surface area contributed by atoms with E-state index in [0.29, 0.717) is 5.89 Å². The maximum Gasteiger partial charge on any atom is 0.268 e. The summed E-state index contributed by atoms with van der Waals surface area (Å²) >= 11 is 1.61. The highest BCUT2D eigenvalue weighted by Gasteiger charge is 2.40. The highest BCUT2D eigenvalue weighted by molar-refractivity contribution is 7.13. The van der Waals surface area contributed by atoms with Gasteiger partial charge in [0.1, 0.15) is 11.2 Å². The molecule has 2 atom stereocenters. The van der Waals surface area contributed by atoms with Crippen LogP contribution in [0.25, 0.3) is 21.9 Å². The molecule has 0 aliphatic heterocycles. The minimum Gasteiger partial charge on any atom is -0.435 e. The van der Waals surface area contributed by atoms with Gasteiger partial charge < -0.3 is 19.1 Å². The van der Waals surface area contributed by atoms with Crippen LogP contribution < -0.4 is 5.73 Å². The lowest BCUT2D eigenvalue weighted by Crippen LogP contribution is -2.45. The summed E-state index contributed by atoms with van der Waals surface area (Å²) in [5.41, 5.74) is 8.50. The number of nitrogens with two attached hydrogens (primary N) is 1. The van der Waals surface area contributed by atoms with Crippen molar-refractivity contribution in [3.05, 3.63) is 59.5 Å². The number of imidazole rings is 1. The Hall–Kier alpha value is -2.75. The molecule has 1 amide bonds. The van der Waals surface area contributed by atoms with Crippen molar-refractivity contribution in [2.75, 3.05) is 0 Å². The van der Waals surface area contributed by atoms with Crippen LogP contribution in [0.2, 0.25) is 18.1 Å². The molecule has 0 saturated heterocycles. The van der Waals surface area contributed by atoms with Gasteiger partial charge in [-0.05, 0) is 61.0 Å². The second kappa shape index (κ2) is 9.71. The second-order valence-corrected chi connectivity index (χ2v) is 16.2. The van der Waals surface area contributed by atoms with Gasteiger partial charge in [0.05, 0.1) is 23.4 Å². The van der Waals surface area contributed by atoms with E-state index in [1.807, 2.05) is 34.2 Å². The lowest BCUT2D eigenvalue weighted by atomic mass is 10.0. The topological polar surface area (TPSA) is 96.2 Å². The standard InChI is InChI=1S/C26H34N4O3SSi/c1-17(33-35(5,6)26(2,3)4)21(30-15-20(24(27)31)28-16-30)13-12-18-9-7-10-19-23(18)32-25(29-19)22-11-8-14-34-22/h7-11,14-17,21H,12-13H2,1-6H3,(H2,27,31)/t17-,21+/m0/s1. The first-order chi connectivity index (χ1) is 16.5. The molecule has 1 aromatic carbocycles. The van der Waals surface area contributed by atoms with Crippen LogP contribution in [-0.4, -0.2) is 34.9 Å². The molecule has 3 aromatic heterocycles. The summed E-state index contributed by atoms with van der Waals surface area (Å²) in [6.45, 7) is 13.3. The van der Waals surface area contributed by atoms with Gasteiger partial charge in [0.2, 0.25) is 5.89 Å².